The molecule has 2 rings (SSSR count). The number of carbonyl (C=O) groups is 1. The van der Waals surface area contributed by atoms with Crippen molar-refractivity contribution < 1.29 is 13.2 Å². The van der Waals surface area contributed by atoms with E-state index in [0.717, 1.165) is 11.3 Å². The van der Waals surface area contributed by atoms with Crippen molar-refractivity contribution in [3.63, 3.8) is 0 Å². The Hall–Kier alpha value is -0.880. The summed E-state index contributed by atoms with van der Waals surface area (Å²) in [4.78, 5) is 14.2. The molecule has 1 aromatic rings. The lowest BCUT2D eigenvalue weighted by molar-refractivity contribution is -0.124. The first-order valence-corrected chi connectivity index (χ1v) is 8.69. The summed E-state index contributed by atoms with van der Waals surface area (Å²) in [5.41, 5.74) is 0. The molecule has 1 aliphatic rings. The third-order valence-electron chi connectivity index (χ3n) is 3.11. The van der Waals surface area contributed by atoms with Gasteiger partial charge >= 0.3 is 0 Å². The quantitative estimate of drug-likeness (QED) is 0.909. The van der Waals surface area contributed by atoms with Crippen LogP contribution in [0.5, 0.6) is 0 Å². The van der Waals surface area contributed by atoms with Gasteiger partial charge in [-0.2, -0.15) is 0 Å². The zero-order valence-electron chi connectivity index (χ0n) is 10.3. The molecule has 1 atom stereocenters. The molecule has 0 radical (unpaired) electrons. The Bertz CT molecular complexity index is 533. The largest absolute Gasteiger partial charge is 0.351 e. The second kappa shape index (κ2) is 5.40. The molecule has 6 heteroatoms. The van der Waals surface area contributed by atoms with Crippen molar-refractivity contribution in [2.75, 3.05) is 11.5 Å². The summed E-state index contributed by atoms with van der Waals surface area (Å²) in [5.74, 6) is -0.351. The number of rotatable bonds is 4. The normalized spacial score (nSPS) is 21.9. The molecule has 1 N–H and O–H groups in total. The minimum absolute atomic E-state index is 0.00346. The van der Waals surface area contributed by atoms with Crippen LogP contribution in [0.3, 0.4) is 0 Å². The van der Waals surface area contributed by atoms with Gasteiger partial charge < -0.3 is 5.32 Å². The highest BCUT2D eigenvalue weighted by atomic mass is 32.2. The SMILES string of the molecule is CCc1ccc(CNC(=O)[C@H]2CCS(=O)(=O)C2)s1. The van der Waals surface area contributed by atoms with E-state index in [1.54, 1.807) is 11.3 Å². The van der Waals surface area contributed by atoms with Gasteiger partial charge in [-0.1, -0.05) is 6.92 Å². The van der Waals surface area contributed by atoms with Gasteiger partial charge in [0.15, 0.2) is 9.84 Å². The third-order valence-corrected chi connectivity index (χ3v) is 6.10. The number of nitrogens with one attached hydrogen (secondary N) is 1. The summed E-state index contributed by atoms with van der Waals surface area (Å²) >= 11 is 1.68. The first kappa shape index (κ1) is 13.5. The minimum atomic E-state index is -2.98. The number of carbonyl (C=O) groups excluding carboxylic acids is 1. The maximum Gasteiger partial charge on any atom is 0.224 e. The van der Waals surface area contributed by atoms with Gasteiger partial charge in [0, 0.05) is 9.75 Å². The number of thiophene rings is 1. The fourth-order valence-electron chi connectivity index (χ4n) is 2.03. The minimum Gasteiger partial charge on any atom is -0.351 e. The van der Waals surface area contributed by atoms with E-state index in [0.29, 0.717) is 13.0 Å². The Morgan fingerprint density at radius 2 is 2.17 bits per heavy atom. The molecule has 0 bridgehead atoms. The molecular formula is C12H17NO3S2. The molecule has 18 heavy (non-hydrogen) atoms. The molecule has 1 amide bonds. The summed E-state index contributed by atoms with van der Waals surface area (Å²) < 4.78 is 22.6. The van der Waals surface area contributed by atoms with Gasteiger partial charge in [-0.3, -0.25) is 4.79 Å². The van der Waals surface area contributed by atoms with Crippen molar-refractivity contribution in [1.29, 1.82) is 0 Å². The fourth-order valence-corrected chi connectivity index (χ4v) is 4.67. The molecule has 0 aromatic carbocycles. The van der Waals surface area contributed by atoms with Crippen LogP contribution in [-0.2, 0) is 27.6 Å². The van der Waals surface area contributed by atoms with Crippen LogP contribution in [0, 0.1) is 5.92 Å². The van der Waals surface area contributed by atoms with Gasteiger partial charge in [-0.15, -0.1) is 11.3 Å². The second-order valence-electron chi connectivity index (χ2n) is 4.54. The number of sulfone groups is 1. The highest BCUT2D eigenvalue weighted by Gasteiger charge is 2.32. The zero-order valence-corrected chi connectivity index (χ0v) is 11.9. The monoisotopic (exact) mass is 287 g/mol. The smallest absolute Gasteiger partial charge is 0.224 e. The Balaban J connectivity index is 1.85. The second-order valence-corrected chi connectivity index (χ2v) is 8.02. The Morgan fingerprint density at radius 1 is 1.44 bits per heavy atom. The van der Waals surface area contributed by atoms with Gasteiger partial charge in [-0.25, -0.2) is 8.42 Å². The topological polar surface area (TPSA) is 63.2 Å². The maximum atomic E-state index is 11.8. The predicted molar refractivity (Wildman–Crippen MR) is 72.3 cm³/mol. The number of amides is 1. The average Bonchev–Trinajstić information content (AvgIpc) is 2.92. The molecule has 0 aliphatic carbocycles. The predicted octanol–water partition coefficient (Wildman–Crippen LogP) is 1.36. The highest BCUT2D eigenvalue weighted by molar-refractivity contribution is 7.91. The van der Waals surface area contributed by atoms with Crippen molar-refractivity contribution in [1.82, 2.24) is 5.32 Å². The summed E-state index contributed by atoms with van der Waals surface area (Å²) in [5, 5.41) is 2.82. The van der Waals surface area contributed by atoms with Crippen LogP contribution in [0.1, 0.15) is 23.1 Å². The Labute approximate surface area is 111 Å². The third kappa shape index (κ3) is 3.32. The molecule has 2 heterocycles. The van der Waals surface area contributed by atoms with Gasteiger partial charge in [0.2, 0.25) is 5.91 Å². The lowest BCUT2D eigenvalue weighted by atomic mass is 10.1. The number of hydrogen-bond donors (Lipinski definition) is 1. The van der Waals surface area contributed by atoms with Crippen molar-refractivity contribution in [2.24, 2.45) is 5.92 Å². The first-order valence-electron chi connectivity index (χ1n) is 6.06. The molecule has 0 saturated carbocycles. The van der Waals surface area contributed by atoms with Gasteiger partial charge in [0.1, 0.15) is 0 Å². The van der Waals surface area contributed by atoms with Crippen molar-refractivity contribution in [3.05, 3.63) is 21.9 Å². The number of hydrogen-bond acceptors (Lipinski definition) is 4. The van der Waals surface area contributed by atoms with E-state index >= 15 is 0 Å². The standard InChI is InChI=1S/C12H17NO3S2/c1-2-10-3-4-11(17-10)7-13-12(14)9-5-6-18(15,16)8-9/h3-4,9H,2,5-8H2,1H3,(H,13,14)/t9-/m0/s1. The van der Waals surface area contributed by atoms with Crippen molar-refractivity contribution >= 4 is 27.1 Å². The lowest BCUT2D eigenvalue weighted by Gasteiger charge is -2.08. The van der Waals surface area contributed by atoms with E-state index in [1.807, 2.05) is 6.07 Å². The van der Waals surface area contributed by atoms with Gasteiger partial charge in [0.05, 0.1) is 24.0 Å². The molecule has 100 valence electrons. The fraction of sp³-hybridized carbons (Fsp3) is 0.583. The highest BCUT2D eigenvalue weighted by Crippen LogP contribution is 2.20. The van der Waals surface area contributed by atoms with E-state index < -0.39 is 9.84 Å². The van der Waals surface area contributed by atoms with Crippen molar-refractivity contribution in [2.45, 2.75) is 26.3 Å². The van der Waals surface area contributed by atoms with E-state index in [2.05, 4.69) is 18.3 Å². The molecule has 1 fully saturated rings. The summed E-state index contributed by atoms with van der Waals surface area (Å²) in [7, 11) is -2.98. The van der Waals surface area contributed by atoms with Crippen LogP contribution in [-0.4, -0.2) is 25.8 Å². The van der Waals surface area contributed by atoms with Crippen LogP contribution >= 0.6 is 11.3 Å². The molecule has 1 aliphatic heterocycles. The van der Waals surface area contributed by atoms with Gasteiger partial charge in [0.25, 0.3) is 0 Å². The molecule has 4 nitrogen and oxygen atoms in total. The molecule has 0 unspecified atom stereocenters. The van der Waals surface area contributed by atoms with Crippen LogP contribution in [0.15, 0.2) is 12.1 Å². The summed E-state index contributed by atoms with van der Waals surface area (Å²) in [6.07, 6.45) is 1.46. The average molecular weight is 287 g/mol. The van der Waals surface area contributed by atoms with Crippen LogP contribution in [0.25, 0.3) is 0 Å². The summed E-state index contributed by atoms with van der Waals surface area (Å²) in [6.45, 7) is 2.59. The number of aryl methyl sites for hydroxylation is 1. The van der Waals surface area contributed by atoms with Crippen LogP contribution in [0.4, 0.5) is 0 Å². The van der Waals surface area contributed by atoms with E-state index in [9.17, 15) is 13.2 Å². The van der Waals surface area contributed by atoms with E-state index in [4.69, 9.17) is 0 Å². The molecular weight excluding hydrogens is 270 g/mol. The zero-order chi connectivity index (χ0) is 13.2. The van der Waals surface area contributed by atoms with Crippen molar-refractivity contribution in [3.8, 4) is 0 Å². The Morgan fingerprint density at radius 3 is 2.72 bits per heavy atom. The van der Waals surface area contributed by atoms with E-state index in [-0.39, 0.29) is 23.3 Å². The first-order chi connectivity index (χ1) is 8.50. The van der Waals surface area contributed by atoms with Gasteiger partial charge in [-0.05, 0) is 25.0 Å². The molecule has 0 spiro atoms. The van der Waals surface area contributed by atoms with Crippen LogP contribution in [0.2, 0.25) is 0 Å². The van der Waals surface area contributed by atoms with Crippen LogP contribution < -0.4 is 5.32 Å². The maximum absolute atomic E-state index is 11.8. The Kier molecular flexibility index (Phi) is 4.07. The molecule has 1 saturated heterocycles. The van der Waals surface area contributed by atoms with E-state index in [1.165, 1.54) is 4.88 Å². The lowest BCUT2D eigenvalue weighted by Crippen LogP contribution is -2.30. The summed E-state index contributed by atoms with van der Waals surface area (Å²) in [6, 6.07) is 4.07. The molecule has 1 aromatic heterocycles.